The van der Waals surface area contributed by atoms with Crippen molar-refractivity contribution in [3.05, 3.63) is 29.8 Å². The van der Waals surface area contributed by atoms with Crippen molar-refractivity contribution >= 4 is 15.7 Å². The molecule has 1 saturated heterocycles. The molecule has 1 aromatic rings. The van der Waals surface area contributed by atoms with Crippen molar-refractivity contribution in [1.82, 2.24) is 0 Å². The third kappa shape index (κ3) is 2.69. The lowest BCUT2D eigenvalue weighted by Gasteiger charge is -2.29. The fourth-order valence-electron chi connectivity index (χ4n) is 2.21. The molecule has 0 atom stereocenters. The monoisotopic (exact) mass is 267 g/mol. The first-order chi connectivity index (χ1) is 8.31. The molecule has 1 aliphatic heterocycles. The van der Waals surface area contributed by atoms with Crippen molar-refractivity contribution in [2.45, 2.75) is 39.0 Å². The molecule has 100 valence electrons. The summed E-state index contributed by atoms with van der Waals surface area (Å²) in [4.78, 5) is 0. The number of anilines is 1. The standard InChI is InChI=1S/C14H21NO2S/c1-14(2,3)12-6-8-13(9-7-12)15-10-4-5-11-18(15,16)17/h6-9H,4-5,10-11H2,1-3H3. The van der Waals surface area contributed by atoms with Gasteiger partial charge >= 0.3 is 0 Å². The SMILES string of the molecule is CC(C)(C)c1ccc(N2CCCCS2(=O)=O)cc1. The van der Waals surface area contributed by atoms with Gasteiger partial charge in [-0.25, -0.2) is 8.42 Å². The van der Waals surface area contributed by atoms with E-state index >= 15 is 0 Å². The molecule has 0 saturated carbocycles. The summed E-state index contributed by atoms with van der Waals surface area (Å²) in [6.07, 6.45) is 1.72. The summed E-state index contributed by atoms with van der Waals surface area (Å²) in [5.74, 6) is 0.272. The van der Waals surface area contributed by atoms with Gasteiger partial charge in [0.25, 0.3) is 0 Å². The number of rotatable bonds is 1. The minimum Gasteiger partial charge on any atom is -0.270 e. The predicted molar refractivity (Wildman–Crippen MR) is 75.5 cm³/mol. The topological polar surface area (TPSA) is 37.4 Å². The molecule has 1 fully saturated rings. The predicted octanol–water partition coefficient (Wildman–Crippen LogP) is 2.91. The fraction of sp³-hybridized carbons (Fsp3) is 0.571. The maximum atomic E-state index is 12.0. The van der Waals surface area contributed by atoms with Crippen molar-refractivity contribution in [2.75, 3.05) is 16.6 Å². The van der Waals surface area contributed by atoms with Gasteiger partial charge in [0, 0.05) is 6.54 Å². The first kappa shape index (κ1) is 13.4. The van der Waals surface area contributed by atoms with Crippen LogP contribution in [0.25, 0.3) is 0 Å². The lowest BCUT2D eigenvalue weighted by molar-refractivity contribution is 0.574. The Morgan fingerprint density at radius 2 is 1.67 bits per heavy atom. The molecule has 2 rings (SSSR count). The van der Waals surface area contributed by atoms with Gasteiger partial charge in [-0.2, -0.15) is 0 Å². The molecule has 0 bridgehead atoms. The molecule has 0 spiro atoms. The third-order valence-electron chi connectivity index (χ3n) is 3.37. The van der Waals surface area contributed by atoms with Crippen molar-refractivity contribution in [3.63, 3.8) is 0 Å². The van der Waals surface area contributed by atoms with Gasteiger partial charge in [-0.1, -0.05) is 32.9 Å². The number of hydrogen-bond donors (Lipinski definition) is 0. The second-order valence-corrected chi connectivity index (χ2v) is 7.90. The van der Waals surface area contributed by atoms with E-state index in [1.807, 2.05) is 24.3 Å². The van der Waals surface area contributed by atoms with Crippen molar-refractivity contribution < 1.29 is 8.42 Å². The van der Waals surface area contributed by atoms with Gasteiger partial charge < -0.3 is 0 Å². The van der Waals surface area contributed by atoms with Crippen LogP contribution >= 0.6 is 0 Å². The Bertz CT molecular complexity index is 512. The Morgan fingerprint density at radius 3 is 2.17 bits per heavy atom. The number of nitrogens with zero attached hydrogens (tertiary/aromatic N) is 1. The van der Waals surface area contributed by atoms with Crippen LogP contribution in [-0.4, -0.2) is 20.7 Å². The Hall–Kier alpha value is -1.03. The summed E-state index contributed by atoms with van der Waals surface area (Å²) in [6, 6.07) is 7.89. The molecule has 0 N–H and O–H groups in total. The van der Waals surface area contributed by atoms with Crippen LogP contribution in [0, 0.1) is 0 Å². The van der Waals surface area contributed by atoms with Gasteiger partial charge in [-0.15, -0.1) is 0 Å². The second kappa shape index (κ2) is 4.57. The maximum Gasteiger partial charge on any atom is 0.235 e. The molecule has 0 aliphatic carbocycles. The highest BCUT2D eigenvalue weighted by atomic mass is 32.2. The summed E-state index contributed by atoms with van der Waals surface area (Å²) in [7, 11) is -3.09. The number of benzene rings is 1. The summed E-state index contributed by atoms with van der Waals surface area (Å²) in [6.45, 7) is 7.07. The number of sulfonamides is 1. The highest BCUT2D eigenvalue weighted by molar-refractivity contribution is 7.92. The summed E-state index contributed by atoms with van der Waals surface area (Å²) < 4.78 is 25.5. The van der Waals surface area contributed by atoms with Crippen molar-refractivity contribution in [2.24, 2.45) is 0 Å². The van der Waals surface area contributed by atoms with Gasteiger partial charge in [0.2, 0.25) is 10.0 Å². The summed E-state index contributed by atoms with van der Waals surface area (Å²) in [5, 5.41) is 0. The highest BCUT2D eigenvalue weighted by Gasteiger charge is 2.26. The molecule has 0 amide bonds. The summed E-state index contributed by atoms with van der Waals surface area (Å²) in [5.41, 5.74) is 2.11. The normalized spacial score (nSPS) is 19.8. The van der Waals surface area contributed by atoms with E-state index in [1.165, 1.54) is 5.56 Å². The Labute approximate surface area is 110 Å². The van der Waals surface area contributed by atoms with Crippen LogP contribution in [0.1, 0.15) is 39.2 Å². The van der Waals surface area contributed by atoms with Crippen LogP contribution in [0.5, 0.6) is 0 Å². The Balaban J connectivity index is 2.29. The minimum absolute atomic E-state index is 0.0965. The first-order valence-electron chi connectivity index (χ1n) is 6.42. The van der Waals surface area contributed by atoms with E-state index in [-0.39, 0.29) is 11.2 Å². The largest absolute Gasteiger partial charge is 0.270 e. The van der Waals surface area contributed by atoms with Crippen molar-refractivity contribution in [1.29, 1.82) is 0 Å². The zero-order valence-electron chi connectivity index (χ0n) is 11.3. The van der Waals surface area contributed by atoms with E-state index < -0.39 is 10.0 Å². The van der Waals surface area contributed by atoms with Gasteiger partial charge in [0.1, 0.15) is 0 Å². The smallest absolute Gasteiger partial charge is 0.235 e. The maximum absolute atomic E-state index is 12.0. The van der Waals surface area contributed by atoms with Crippen LogP contribution in [0.15, 0.2) is 24.3 Å². The molecule has 0 radical (unpaired) electrons. The van der Waals surface area contributed by atoms with E-state index in [9.17, 15) is 8.42 Å². The van der Waals surface area contributed by atoms with E-state index in [1.54, 1.807) is 4.31 Å². The van der Waals surface area contributed by atoms with Crippen LogP contribution in [0.2, 0.25) is 0 Å². The molecule has 0 aromatic heterocycles. The Kier molecular flexibility index (Phi) is 3.41. The van der Waals surface area contributed by atoms with E-state index in [2.05, 4.69) is 20.8 Å². The average molecular weight is 267 g/mol. The molecule has 1 heterocycles. The molecule has 4 heteroatoms. The van der Waals surface area contributed by atoms with Crippen LogP contribution in [-0.2, 0) is 15.4 Å². The first-order valence-corrected chi connectivity index (χ1v) is 8.02. The highest BCUT2D eigenvalue weighted by Crippen LogP contribution is 2.27. The second-order valence-electron chi connectivity index (χ2n) is 5.89. The zero-order chi connectivity index (χ0) is 13.4. The quantitative estimate of drug-likeness (QED) is 0.784. The van der Waals surface area contributed by atoms with E-state index in [0.29, 0.717) is 6.54 Å². The molecule has 3 nitrogen and oxygen atoms in total. The third-order valence-corrected chi connectivity index (χ3v) is 5.24. The molecule has 1 aliphatic rings. The Morgan fingerprint density at radius 1 is 1.06 bits per heavy atom. The number of hydrogen-bond acceptors (Lipinski definition) is 2. The summed E-state index contributed by atoms with van der Waals surface area (Å²) >= 11 is 0. The zero-order valence-corrected chi connectivity index (χ0v) is 12.1. The van der Waals surface area contributed by atoms with Crippen LogP contribution in [0.4, 0.5) is 5.69 Å². The minimum atomic E-state index is -3.09. The molecular formula is C14H21NO2S. The van der Waals surface area contributed by atoms with Gasteiger partial charge in [0.05, 0.1) is 11.4 Å². The molecular weight excluding hydrogens is 246 g/mol. The lowest BCUT2D eigenvalue weighted by Crippen LogP contribution is -2.37. The molecule has 18 heavy (non-hydrogen) atoms. The van der Waals surface area contributed by atoms with Gasteiger partial charge in [-0.3, -0.25) is 4.31 Å². The van der Waals surface area contributed by atoms with E-state index in [0.717, 1.165) is 18.5 Å². The average Bonchev–Trinajstić information content (AvgIpc) is 2.27. The van der Waals surface area contributed by atoms with Gasteiger partial charge in [0.15, 0.2) is 0 Å². The fourth-order valence-corrected chi connectivity index (χ4v) is 3.85. The van der Waals surface area contributed by atoms with Crippen LogP contribution < -0.4 is 4.31 Å². The van der Waals surface area contributed by atoms with Crippen LogP contribution in [0.3, 0.4) is 0 Å². The molecule has 1 aromatic carbocycles. The molecule has 0 unspecified atom stereocenters. The van der Waals surface area contributed by atoms with Crippen molar-refractivity contribution in [3.8, 4) is 0 Å². The lowest BCUT2D eigenvalue weighted by atomic mass is 9.87. The van der Waals surface area contributed by atoms with E-state index in [4.69, 9.17) is 0 Å². The van der Waals surface area contributed by atoms with Gasteiger partial charge in [-0.05, 0) is 36.0 Å².